The first-order valence-corrected chi connectivity index (χ1v) is 7.54. The number of ether oxygens (including phenoxy) is 1. The summed E-state index contributed by atoms with van der Waals surface area (Å²) in [5.74, 6) is -0.102. The SMILES string of the molecule is COCC(C)(CCO)NCC(=O)Nc1c(C)cc(C)cc1C. The van der Waals surface area contributed by atoms with E-state index in [1.54, 1.807) is 7.11 Å². The van der Waals surface area contributed by atoms with Gasteiger partial charge in [0.05, 0.1) is 13.2 Å². The molecule has 0 aliphatic carbocycles. The van der Waals surface area contributed by atoms with E-state index in [4.69, 9.17) is 9.84 Å². The molecule has 0 spiro atoms. The molecule has 1 atom stereocenters. The van der Waals surface area contributed by atoms with Crippen molar-refractivity contribution in [1.82, 2.24) is 5.32 Å². The fourth-order valence-electron chi connectivity index (χ4n) is 2.63. The van der Waals surface area contributed by atoms with E-state index in [0.717, 1.165) is 16.8 Å². The maximum atomic E-state index is 12.2. The number of anilines is 1. The van der Waals surface area contributed by atoms with Gasteiger partial charge in [-0.05, 0) is 45.2 Å². The molecule has 124 valence electrons. The van der Waals surface area contributed by atoms with Crippen molar-refractivity contribution in [1.29, 1.82) is 0 Å². The molecule has 1 aromatic carbocycles. The number of aliphatic hydroxyl groups excluding tert-OH is 1. The number of aryl methyl sites for hydroxylation is 3. The van der Waals surface area contributed by atoms with Gasteiger partial charge in [-0.1, -0.05) is 17.7 Å². The van der Waals surface area contributed by atoms with Crippen molar-refractivity contribution in [2.45, 2.75) is 39.7 Å². The standard InChI is InChI=1S/C17H28N2O3/c1-12-8-13(2)16(14(3)9-12)19-15(21)10-18-17(4,6-7-20)11-22-5/h8-9,18,20H,6-7,10-11H2,1-5H3,(H,19,21). The molecule has 5 nitrogen and oxygen atoms in total. The molecule has 5 heteroatoms. The van der Waals surface area contributed by atoms with Crippen molar-refractivity contribution in [3.05, 3.63) is 28.8 Å². The van der Waals surface area contributed by atoms with Gasteiger partial charge in [-0.3, -0.25) is 4.79 Å². The van der Waals surface area contributed by atoms with E-state index in [-0.39, 0.29) is 19.1 Å². The van der Waals surface area contributed by atoms with Gasteiger partial charge in [-0.15, -0.1) is 0 Å². The molecular formula is C17H28N2O3. The highest BCUT2D eigenvalue weighted by Crippen LogP contribution is 2.21. The van der Waals surface area contributed by atoms with Crippen molar-refractivity contribution in [3.63, 3.8) is 0 Å². The van der Waals surface area contributed by atoms with E-state index in [1.807, 2.05) is 27.7 Å². The predicted octanol–water partition coefficient (Wildman–Crippen LogP) is 1.93. The van der Waals surface area contributed by atoms with E-state index in [2.05, 4.69) is 22.8 Å². The van der Waals surface area contributed by atoms with Gasteiger partial charge in [0.15, 0.2) is 0 Å². The van der Waals surface area contributed by atoms with Crippen LogP contribution in [0.25, 0.3) is 0 Å². The number of amides is 1. The molecule has 22 heavy (non-hydrogen) atoms. The van der Waals surface area contributed by atoms with Gasteiger partial charge < -0.3 is 20.5 Å². The summed E-state index contributed by atoms with van der Waals surface area (Å²) >= 11 is 0. The van der Waals surface area contributed by atoms with Gasteiger partial charge in [0, 0.05) is 24.9 Å². The lowest BCUT2D eigenvalue weighted by atomic mass is 9.99. The minimum atomic E-state index is -0.418. The van der Waals surface area contributed by atoms with Crippen LogP contribution in [0.1, 0.15) is 30.0 Å². The van der Waals surface area contributed by atoms with E-state index in [1.165, 1.54) is 5.56 Å². The van der Waals surface area contributed by atoms with E-state index >= 15 is 0 Å². The van der Waals surface area contributed by atoms with Crippen LogP contribution in [-0.4, -0.2) is 43.4 Å². The van der Waals surface area contributed by atoms with Crippen LogP contribution in [0.4, 0.5) is 5.69 Å². The minimum Gasteiger partial charge on any atom is -0.396 e. The maximum Gasteiger partial charge on any atom is 0.238 e. The molecule has 0 aliphatic heterocycles. The Kier molecular flexibility index (Phi) is 7.00. The average molecular weight is 308 g/mol. The number of nitrogens with one attached hydrogen (secondary N) is 2. The van der Waals surface area contributed by atoms with E-state index in [0.29, 0.717) is 13.0 Å². The Hall–Kier alpha value is -1.43. The summed E-state index contributed by atoms with van der Waals surface area (Å²) in [6.45, 7) is 8.61. The summed E-state index contributed by atoms with van der Waals surface area (Å²) in [5.41, 5.74) is 3.74. The number of rotatable bonds is 8. The van der Waals surface area contributed by atoms with Crippen LogP contribution in [0, 0.1) is 20.8 Å². The molecule has 0 bridgehead atoms. The molecule has 0 saturated carbocycles. The summed E-state index contributed by atoms with van der Waals surface area (Å²) in [5, 5.41) is 15.3. The number of methoxy groups -OCH3 is 1. The van der Waals surface area contributed by atoms with Gasteiger partial charge in [0.1, 0.15) is 0 Å². The zero-order valence-electron chi connectivity index (χ0n) is 14.2. The van der Waals surface area contributed by atoms with Crippen LogP contribution in [0.5, 0.6) is 0 Å². The molecule has 0 aliphatic rings. The molecule has 1 amide bonds. The van der Waals surface area contributed by atoms with Crippen LogP contribution in [0.3, 0.4) is 0 Å². The van der Waals surface area contributed by atoms with Crippen LogP contribution in [-0.2, 0) is 9.53 Å². The molecule has 1 aromatic rings. The molecule has 1 unspecified atom stereocenters. The van der Waals surface area contributed by atoms with Crippen molar-refractivity contribution in [2.75, 3.05) is 32.2 Å². The number of carbonyl (C=O) groups excluding carboxylic acids is 1. The molecule has 3 N–H and O–H groups in total. The quantitative estimate of drug-likeness (QED) is 0.686. The Morgan fingerprint density at radius 3 is 2.36 bits per heavy atom. The fourth-order valence-corrected chi connectivity index (χ4v) is 2.63. The van der Waals surface area contributed by atoms with Crippen molar-refractivity contribution in [2.24, 2.45) is 0 Å². The topological polar surface area (TPSA) is 70.6 Å². The molecular weight excluding hydrogens is 280 g/mol. The highest BCUT2D eigenvalue weighted by atomic mass is 16.5. The second-order valence-electron chi connectivity index (χ2n) is 6.14. The van der Waals surface area contributed by atoms with Crippen LogP contribution in [0.15, 0.2) is 12.1 Å². The summed E-state index contributed by atoms with van der Waals surface area (Å²) < 4.78 is 5.16. The predicted molar refractivity (Wildman–Crippen MR) is 89.3 cm³/mol. The monoisotopic (exact) mass is 308 g/mol. The first kappa shape index (κ1) is 18.6. The lowest BCUT2D eigenvalue weighted by Crippen LogP contribution is -2.49. The number of hydrogen-bond acceptors (Lipinski definition) is 4. The minimum absolute atomic E-state index is 0.0463. The molecule has 0 heterocycles. The maximum absolute atomic E-state index is 12.2. The smallest absolute Gasteiger partial charge is 0.238 e. The third-order valence-corrected chi connectivity index (χ3v) is 3.74. The normalized spacial score (nSPS) is 13.7. The zero-order chi connectivity index (χ0) is 16.8. The van der Waals surface area contributed by atoms with Crippen molar-refractivity contribution >= 4 is 11.6 Å². The van der Waals surface area contributed by atoms with Gasteiger partial charge >= 0.3 is 0 Å². The van der Waals surface area contributed by atoms with E-state index in [9.17, 15) is 4.79 Å². The second-order valence-corrected chi connectivity index (χ2v) is 6.14. The summed E-state index contributed by atoms with van der Waals surface area (Å²) in [6.07, 6.45) is 0.525. The summed E-state index contributed by atoms with van der Waals surface area (Å²) in [7, 11) is 1.61. The zero-order valence-corrected chi connectivity index (χ0v) is 14.2. The van der Waals surface area contributed by atoms with E-state index < -0.39 is 5.54 Å². The molecule has 0 fully saturated rings. The van der Waals surface area contributed by atoms with Crippen LogP contribution < -0.4 is 10.6 Å². The van der Waals surface area contributed by atoms with Gasteiger partial charge in [-0.2, -0.15) is 0 Å². The third-order valence-electron chi connectivity index (χ3n) is 3.74. The molecule has 0 saturated heterocycles. The summed E-state index contributed by atoms with van der Waals surface area (Å²) in [4.78, 5) is 12.2. The van der Waals surface area contributed by atoms with Crippen LogP contribution in [0.2, 0.25) is 0 Å². The Morgan fingerprint density at radius 2 is 1.86 bits per heavy atom. The Morgan fingerprint density at radius 1 is 1.27 bits per heavy atom. The van der Waals surface area contributed by atoms with Gasteiger partial charge in [-0.25, -0.2) is 0 Å². The second kappa shape index (κ2) is 8.27. The summed E-state index contributed by atoms with van der Waals surface area (Å²) in [6, 6.07) is 4.10. The number of carbonyl (C=O) groups is 1. The van der Waals surface area contributed by atoms with Crippen LogP contribution >= 0.6 is 0 Å². The van der Waals surface area contributed by atoms with Crippen molar-refractivity contribution in [3.8, 4) is 0 Å². The number of hydrogen-bond donors (Lipinski definition) is 3. The number of benzene rings is 1. The first-order chi connectivity index (χ1) is 10.3. The molecule has 1 rings (SSSR count). The largest absolute Gasteiger partial charge is 0.396 e. The fraction of sp³-hybridized carbons (Fsp3) is 0.588. The lowest BCUT2D eigenvalue weighted by molar-refractivity contribution is -0.115. The Balaban J connectivity index is 2.67. The first-order valence-electron chi connectivity index (χ1n) is 7.54. The Bertz CT molecular complexity index is 486. The average Bonchev–Trinajstić information content (AvgIpc) is 2.41. The lowest BCUT2D eigenvalue weighted by Gasteiger charge is -2.29. The highest BCUT2D eigenvalue weighted by Gasteiger charge is 2.24. The molecule has 0 radical (unpaired) electrons. The Labute approximate surface area is 133 Å². The molecule has 0 aromatic heterocycles. The third kappa shape index (κ3) is 5.40. The van der Waals surface area contributed by atoms with Gasteiger partial charge in [0.25, 0.3) is 0 Å². The van der Waals surface area contributed by atoms with Gasteiger partial charge in [0.2, 0.25) is 5.91 Å². The number of aliphatic hydroxyl groups is 1. The highest BCUT2D eigenvalue weighted by molar-refractivity contribution is 5.93. The van der Waals surface area contributed by atoms with Crippen molar-refractivity contribution < 1.29 is 14.6 Å².